The smallest absolute Gasteiger partial charge is 0.286 e. The monoisotopic (exact) mass is 500 g/mol. The summed E-state index contributed by atoms with van der Waals surface area (Å²) in [6.45, 7) is 4.09. The fraction of sp³-hybridized carbons (Fsp3) is 0.174. The average Bonchev–Trinajstić information content (AvgIpc) is 3.37. The molecule has 0 aliphatic rings. The number of hydrogen-bond acceptors (Lipinski definition) is 5. The van der Waals surface area contributed by atoms with Crippen LogP contribution in [0.2, 0.25) is 10.0 Å². The lowest BCUT2D eigenvalue weighted by Gasteiger charge is -2.13. The molecule has 0 N–H and O–H groups in total. The second kappa shape index (κ2) is 8.56. The number of halogens is 2. The summed E-state index contributed by atoms with van der Waals surface area (Å²) >= 11 is 15.4. The number of thioether (sulfide) groups is 1. The normalized spacial score (nSPS) is 11.8. The zero-order valence-corrected chi connectivity index (χ0v) is 20.4. The minimum atomic E-state index is -0.193. The van der Waals surface area contributed by atoms with Crippen molar-refractivity contribution in [2.45, 2.75) is 30.8 Å². The number of benzene rings is 2. The van der Waals surface area contributed by atoms with E-state index in [4.69, 9.17) is 28.2 Å². The van der Waals surface area contributed by atoms with Crippen LogP contribution < -0.4 is 5.56 Å². The van der Waals surface area contributed by atoms with E-state index in [-0.39, 0.29) is 11.6 Å². The Balaban J connectivity index is 1.63. The molecule has 0 amide bonds. The first-order chi connectivity index (χ1) is 15.4. The van der Waals surface area contributed by atoms with Crippen LogP contribution in [-0.4, -0.2) is 19.1 Å². The van der Waals surface area contributed by atoms with Crippen LogP contribution >= 0.6 is 46.3 Å². The van der Waals surface area contributed by atoms with Gasteiger partial charge in [-0.25, -0.2) is 9.97 Å². The molecule has 0 saturated carbocycles. The number of aromatic nitrogens is 4. The summed E-state index contributed by atoms with van der Waals surface area (Å²) in [6.07, 6.45) is 1.68. The van der Waals surface area contributed by atoms with Crippen molar-refractivity contribution in [3.8, 4) is 5.69 Å². The summed E-state index contributed by atoms with van der Waals surface area (Å²) < 4.78 is 4.69. The van der Waals surface area contributed by atoms with Crippen molar-refractivity contribution < 1.29 is 0 Å². The van der Waals surface area contributed by atoms with Crippen molar-refractivity contribution in [1.82, 2.24) is 19.1 Å². The summed E-state index contributed by atoms with van der Waals surface area (Å²) in [5.41, 5.74) is 2.65. The SMILES string of the molecule is CC(C)n1cnc2c(=O)n(-c3ccc(Cl)cc3)c(SCc3csc4cc(Cl)ccc34)nc21. The lowest BCUT2D eigenvalue weighted by Crippen LogP contribution is -2.22. The molecule has 32 heavy (non-hydrogen) atoms. The largest absolute Gasteiger partial charge is 0.312 e. The number of hydrogen-bond donors (Lipinski definition) is 0. The first-order valence-corrected chi connectivity index (χ1v) is 12.6. The van der Waals surface area contributed by atoms with Crippen molar-refractivity contribution in [1.29, 1.82) is 0 Å². The third-order valence-corrected chi connectivity index (χ3v) is 7.65. The number of imidazole rings is 1. The van der Waals surface area contributed by atoms with Gasteiger partial charge < -0.3 is 4.57 Å². The summed E-state index contributed by atoms with van der Waals surface area (Å²) in [7, 11) is 0. The van der Waals surface area contributed by atoms with Crippen molar-refractivity contribution in [2.75, 3.05) is 0 Å². The first-order valence-electron chi connectivity index (χ1n) is 9.96. The molecule has 0 aliphatic heterocycles. The van der Waals surface area contributed by atoms with Gasteiger partial charge in [0.15, 0.2) is 16.3 Å². The van der Waals surface area contributed by atoms with Gasteiger partial charge in [-0.15, -0.1) is 11.3 Å². The highest BCUT2D eigenvalue weighted by molar-refractivity contribution is 7.98. The van der Waals surface area contributed by atoms with Gasteiger partial charge in [0.05, 0.1) is 12.0 Å². The molecule has 2 aromatic carbocycles. The third-order valence-electron chi connectivity index (χ3n) is 5.18. The van der Waals surface area contributed by atoms with Gasteiger partial charge in [0.25, 0.3) is 5.56 Å². The van der Waals surface area contributed by atoms with Gasteiger partial charge in [0.1, 0.15) is 0 Å². The highest BCUT2D eigenvalue weighted by Gasteiger charge is 2.19. The molecule has 5 rings (SSSR count). The van der Waals surface area contributed by atoms with Crippen LogP contribution in [0.5, 0.6) is 0 Å². The molecular formula is C23H18Cl2N4OS2. The predicted octanol–water partition coefficient (Wildman–Crippen LogP) is 6.98. The zero-order chi connectivity index (χ0) is 22.4. The number of fused-ring (bicyclic) bond motifs is 2. The molecule has 0 fully saturated rings. The fourth-order valence-electron chi connectivity index (χ4n) is 3.55. The van der Waals surface area contributed by atoms with Crippen LogP contribution in [0, 0.1) is 0 Å². The van der Waals surface area contributed by atoms with E-state index in [1.807, 2.05) is 48.7 Å². The summed E-state index contributed by atoms with van der Waals surface area (Å²) in [6, 6.07) is 13.2. The maximum absolute atomic E-state index is 13.5. The molecule has 0 unspecified atom stereocenters. The van der Waals surface area contributed by atoms with Crippen molar-refractivity contribution in [3.05, 3.63) is 80.1 Å². The molecule has 0 radical (unpaired) electrons. The molecule has 0 spiro atoms. The van der Waals surface area contributed by atoms with Gasteiger partial charge in [-0.3, -0.25) is 9.36 Å². The van der Waals surface area contributed by atoms with Crippen LogP contribution in [0.3, 0.4) is 0 Å². The van der Waals surface area contributed by atoms with Crippen LogP contribution in [0.25, 0.3) is 26.9 Å². The van der Waals surface area contributed by atoms with Crippen molar-refractivity contribution in [3.63, 3.8) is 0 Å². The Morgan fingerprint density at radius 2 is 1.84 bits per heavy atom. The van der Waals surface area contributed by atoms with Gasteiger partial charge in [0.2, 0.25) is 0 Å². The molecular weight excluding hydrogens is 483 g/mol. The summed E-state index contributed by atoms with van der Waals surface area (Å²) in [4.78, 5) is 22.7. The Kier molecular flexibility index (Phi) is 5.75. The molecule has 0 saturated heterocycles. The van der Waals surface area contributed by atoms with Gasteiger partial charge in [0, 0.05) is 26.5 Å². The molecule has 3 heterocycles. The van der Waals surface area contributed by atoms with E-state index in [1.54, 1.807) is 34.4 Å². The Morgan fingerprint density at radius 1 is 1.09 bits per heavy atom. The van der Waals surface area contributed by atoms with Crippen molar-refractivity contribution >= 4 is 67.6 Å². The molecule has 5 aromatic rings. The van der Waals surface area contributed by atoms with Gasteiger partial charge in [-0.05, 0) is 66.6 Å². The minimum Gasteiger partial charge on any atom is -0.312 e. The quantitative estimate of drug-likeness (QED) is 0.193. The molecule has 162 valence electrons. The van der Waals surface area contributed by atoms with Gasteiger partial charge in [-0.1, -0.05) is 41.0 Å². The molecule has 9 heteroatoms. The summed E-state index contributed by atoms with van der Waals surface area (Å²) in [5, 5.41) is 5.25. The number of rotatable bonds is 5. The lowest BCUT2D eigenvalue weighted by atomic mass is 10.2. The maximum Gasteiger partial charge on any atom is 0.286 e. The molecule has 3 aromatic heterocycles. The van der Waals surface area contributed by atoms with Crippen LogP contribution in [0.15, 0.2) is 64.1 Å². The van der Waals surface area contributed by atoms with E-state index in [1.165, 1.54) is 22.7 Å². The standard InChI is InChI=1S/C23H18Cl2N4OS2/c1-13(2)28-12-26-20-21(28)27-23(29(22(20)30)17-6-3-15(24)4-7-17)32-11-14-10-31-19-9-16(25)5-8-18(14)19/h3-10,12-13H,11H2,1-2H3. The second-order valence-corrected chi connectivity index (χ2v) is 10.3. The Labute approximate surface area is 202 Å². The Morgan fingerprint density at radius 3 is 2.59 bits per heavy atom. The zero-order valence-electron chi connectivity index (χ0n) is 17.3. The number of nitrogens with zero attached hydrogens (tertiary/aromatic N) is 4. The topological polar surface area (TPSA) is 52.7 Å². The first kappa shape index (κ1) is 21.5. The Hall–Kier alpha value is -2.32. The molecule has 0 atom stereocenters. The summed E-state index contributed by atoms with van der Waals surface area (Å²) in [5.74, 6) is 0.670. The van der Waals surface area contributed by atoms with Crippen LogP contribution in [0.4, 0.5) is 0 Å². The Bertz CT molecular complexity index is 1500. The average molecular weight is 501 g/mol. The van der Waals surface area contributed by atoms with Gasteiger partial charge >= 0.3 is 0 Å². The molecule has 0 aliphatic carbocycles. The van der Waals surface area contributed by atoms with Crippen LogP contribution in [0.1, 0.15) is 25.5 Å². The maximum atomic E-state index is 13.5. The highest BCUT2D eigenvalue weighted by Crippen LogP contribution is 2.33. The van der Waals surface area contributed by atoms with E-state index in [0.717, 1.165) is 9.72 Å². The lowest BCUT2D eigenvalue weighted by molar-refractivity contribution is 0.609. The fourth-order valence-corrected chi connectivity index (χ4v) is 6.01. The van der Waals surface area contributed by atoms with E-state index < -0.39 is 0 Å². The minimum absolute atomic E-state index is 0.140. The van der Waals surface area contributed by atoms with Gasteiger partial charge in [-0.2, -0.15) is 0 Å². The van der Waals surface area contributed by atoms with E-state index in [0.29, 0.717) is 32.8 Å². The highest BCUT2D eigenvalue weighted by atomic mass is 35.5. The number of thiophene rings is 1. The third kappa shape index (κ3) is 3.83. The van der Waals surface area contributed by atoms with E-state index in [9.17, 15) is 4.79 Å². The van der Waals surface area contributed by atoms with E-state index >= 15 is 0 Å². The van der Waals surface area contributed by atoms with Crippen LogP contribution in [-0.2, 0) is 5.75 Å². The van der Waals surface area contributed by atoms with Crippen molar-refractivity contribution in [2.24, 2.45) is 0 Å². The molecule has 0 bridgehead atoms. The second-order valence-electron chi connectivity index (χ2n) is 7.62. The predicted molar refractivity (Wildman–Crippen MR) is 135 cm³/mol. The van der Waals surface area contributed by atoms with E-state index in [2.05, 4.69) is 10.4 Å². The molecule has 5 nitrogen and oxygen atoms in total.